The van der Waals surface area contributed by atoms with Crippen LogP contribution in [0.1, 0.15) is 28.8 Å². The molecule has 0 aliphatic carbocycles. The third kappa shape index (κ3) is 4.60. The van der Waals surface area contributed by atoms with Crippen LogP contribution in [0.3, 0.4) is 0 Å². The van der Waals surface area contributed by atoms with Crippen molar-refractivity contribution in [2.45, 2.75) is 19.4 Å². The lowest BCUT2D eigenvalue weighted by Crippen LogP contribution is -2.44. The van der Waals surface area contributed by atoms with Crippen LogP contribution in [0.2, 0.25) is 0 Å². The van der Waals surface area contributed by atoms with Crippen molar-refractivity contribution >= 4 is 11.8 Å². The van der Waals surface area contributed by atoms with Gasteiger partial charge in [-0.1, -0.05) is 42.5 Å². The number of carbonyl (C=O) groups is 2. The molecule has 0 radical (unpaired) electrons. The number of hydrogen-bond donors (Lipinski definition) is 1. The second-order valence-corrected chi connectivity index (χ2v) is 7.80. The number of amides is 2. The van der Waals surface area contributed by atoms with Gasteiger partial charge < -0.3 is 15.4 Å². The Morgan fingerprint density at radius 3 is 2.71 bits per heavy atom. The minimum Gasteiger partial charge on any atom is -0.497 e. The van der Waals surface area contributed by atoms with E-state index in [1.54, 1.807) is 22.9 Å². The summed E-state index contributed by atoms with van der Waals surface area (Å²) in [7, 11) is 1.61. The number of carbonyl (C=O) groups excluding carboxylic acids is 2. The zero-order valence-corrected chi connectivity index (χ0v) is 17.5. The molecule has 1 unspecified atom stereocenters. The fourth-order valence-corrected chi connectivity index (χ4v) is 3.98. The SMILES string of the molecule is COc1cccc(-c2nn(Cc3ccccc3)cc2C(=O)N2CCCC(C(N)=O)C2)c1. The molecule has 1 atom stereocenters. The number of hydrogen-bond acceptors (Lipinski definition) is 4. The smallest absolute Gasteiger partial charge is 0.257 e. The molecule has 1 aromatic heterocycles. The van der Waals surface area contributed by atoms with Crippen LogP contribution in [0.5, 0.6) is 5.75 Å². The molecule has 7 heteroatoms. The van der Waals surface area contributed by atoms with E-state index in [0.717, 1.165) is 24.0 Å². The highest BCUT2D eigenvalue weighted by molar-refractivity contribution is 6.00. The molecule has 1 aliphatic heterocycles. The Morgan fingerprint density at radius 1 is 1.16 bits per heavy atom. The first-order valence-electron chi connectivity index (χ1n) is 10.4. The summed E-state index contributed by atoms with van der Waals surface area (Å²) in [6, 6.07) is 17.5. The summed E-state index contributed by atoms with van der Waals surface area (Å²) >= 11 is 0. The van der Waals surface area contributed by atoms with E-state index >= 15 is 0 Å². The van der Waals surface area contributed by atoms with Crippen LogP contribution in [-0.2, 0) is 11.3 Å². The Hall–Kier alpha value is -3.61. The highest BCUT2D eigenvalue weighted by Gasteiger charge is 2.30. The average molecular weight is 418 g/mol. The van der Waals surface area contributed by atoms with Gasteiger partial charge in [-0.3, -0.25) is 14.3 Å². The van der Waals surface area contributed by atoms with Crippen molar-refractivity contribution in [3.8, 4) is 17.0 Å². The van der Waals surface area contributed by atoms with Gasteiger partial charge in [0.1, 0.15) is 11.4 Å². The number of piperidine rings is 1. The van der Waals surface area contributed by atoms with Crippen LogP contribution in [-0.4, -0.2) is 46.7 Å². The van der Waals surface area contributed by atoms with Gasteiger partial charge in [-0.15, -0.1) is 0 Å². The molecule has 0 bridgehead atoms. The number of primary amides is 1. The summed E-state index contributed by atoms with van der Waals surface area (Å²) in [5, 5.41) is 4.74. The Kier molecular flexibility index (Phi) is 6.02. The summed E-state index contributed by atoms with van der Waals surface area (Å²) in [4.78, 5) is 26.9. The minimum atomic E-state index is -0.356. The molecule has 2 aromatic carbocycles. The monoisotopic (exact) mass is 418 g/mol. The van der Waals surface area contributed by atoms with E-state index in [9.17, 15) is 9.59 Å². The van der Waals surface area contributed by atoms with Crippen molar-refractivity contribution in [3.05, 3.63) is 71.9 Å². The van der Waals surface area contributed by atoms with Crippen molar-refractivity contribution < 1.29 is 14.3 Å². The maximum Gasteiger partial charge on any atom is 0.257 e. The molecule has 3 aromatic rings. The maximum absolute atomic E-state index is 13.5. The van der Waals surface area contributed by atoms with Crippen molar-refractivity contribution in [2.75, 3.05) is 20.2 Å². The molecule has 2 N–H and O–H groups in total. The van der Waals surface area contributed by atoms with E-state index in [0.29, 0.717) is 36.6 Å². The average Bonchev–Trinajstić information content (AvgIpc) is 3.23. The molecular weight excluding hydrogens is 392 g/mol. The number of ether oxygens (including phenoxy) is 1. The Morgan fingerprint density at radius 2 is 1.97 bits per heavy atom. The van der Waals surface area contributed by atoms with Gasteiger partial charge >= 0.3 is 0 Å². The van der Waals surface area contributed by atoms with E-state index in [4.69, 9.17) is 15.6 Å². The highest BCUT2D eigenvalue weighted by atomic mass is 16.5. The van der Waals surface area contributed by atoms with Crippen molar-refractivity contribution in [1.29, 1.82) is 0 Å². The molecule has 2 amide bonds. The van der Waals surface area contributed by atoms with Gasteiger partial charge in [-0.05, 0) is 30.5 Å². The molecule has 7 nitrogen and oxygen atoms in total. The van der Waals surface area contributed by atoms with Crippen LogP contribution < -0.4 is 10.5 Å². The normalized spacial score (nSPS) is 16.2. The molecule has 0 spiro atoms. The third-order valence-electron chi connectivity index (χ3n) is 5.63. The first kappa shape index (κ1) is 20.7. The molecule has 31 heavy (non-hydrogen) atoms. The number of likely N-dealkylation sites (tertiary alicyclic amines) is 1. The quantitative estimate of drug-likeness (QED) is 0.666. The number of methoxy groups -OCH3 is 1. The first-order chi connectivity index (χ1) is 15.0. The molecule has 160 valence electrons. The van der Waals surface area contributed by atoms with Gasteiger partial charge in [-0.2, -0.15) is 5.10 Å². The summed E-state index contributed by atoms with van der Waals surface area (Å²) in [6.07, 6.45) is 3.26. The molecule has 2 heterocycles. The predicted octanol–water partition coefficient (Wildman–Crippen LogP) is 2.94. The van der Waals surface area contributed by atoms with Gasteiger partial charge in [0.2, 0.25) is 5.91 Å². The summed E-state index contributed by atoms with van der Waals surface area (Å²) in [5.74, 6) is -0.106. The Bertz CT molecular complexity index is 1080. The molecule has 1 fully saturated rings. The topological polar surface area (TPSA) is 90.5 Å². The van der Waals surface area contributed by atoms with Gasteiger partial charge in [0, 0.05) is 24.8 Å². The number of rotatable bonds is 6. The molecule has 1 aliphatic rings. The molecule has 1 saturated heterocycles. The van der Waals surface area contributed by atoms with Crippen LogP contribution in [0, 0.1) is 5.92 Å². The fourth-order valence-electron chi connectivity index (χ4n) is 3.98. The number of benzene rings is 2. The van der Waals surface area contributed by atoms with E-state index < -0.39 is 0 Å². The molecule has 0 saturated carbocycles. The minimum absolute atomic E-state index is 0.136. The fraction of sp³-hybridized carbons (Fsp3) is 0.292. The first-order valence-corrected chi connectivity index (χ1v) is 10.4. The predicted molar refractivity (Wildman–Crippen MR) is 118 cm³/mol. The van der Waals surface area contributed by atoms with E-state index in [-0.39, 0.29) is 17.7 Å². The zero-order valence-electron chi connectivity index (χ0n) is 17.5. The number of aromatic nitrogens is 2. The van der Waals surface area contributed by atoms with Crippen molar-refractivity contribution in [3.63, 3.8) is 0 Å². The second-order valence-electron chi connectivity index (χ2n) is 7.80. The van der Waals surface area contributed by atoms with Gasteiger partial charge in [-0.25, -0.2) is 0 Å². The van der Waals surface area contributed by atoms with E-state index in [1.807, 2.05) is 54.6 Å². The lowest BCUT2D eigenvalue weighted by Gasteiger charge is -2.31. The van der Waals surface area contributed by atoms with Gasteiger partial charge in [0.05, 0.1) is 25.1 Å². The van der Waals surface area contributed by atoms with E-state index in [2.05, 4.69) is 0 Å². The summed E-state index contributed by atoms with van der Waals surface area (Å²) < 4.78 is 7.14. The van der Waals surface area contributed by atoms with Crippen LogP contribution in [0.15, 0.2) is 60.8 Å². The lowest BCUT2D eigenvalue weighted by molar-refractivity contribution is -0.123. The summed E-state index contributed by atoms with van der Waals surface area (Å²) in [6.45, 7) is 1.49. The zero-order chi connectivity index (χ0) is 21.8. The Balaban J connectivity index is 1.70. The van der Waals surface area contributed by atoms with Crippen LogP contribution in [0.25, 0.3) is 11.3 Å². The lowest BCUT2D eigenvalue weighted by atomic mass is 9.96. The number of nitrogens with zero attached hydrogens (tertiary/aromatic N) is 3. The van der Waals surface area contributed by atoms with Gasteiger partial charge in [0.25, 0.3) is 5.91 Å². The second kappa shape index (κ2) is 9.04. The number of nitrogens with two attached hydrogens (primary N) is 1. The van der Waals surface area contributed by atoms with Crippen LogP contribution >= 0.6 is 0 Å². The van der Waals surface area contributed by atoms with Crippen LogP contribution in [0.4, 0.5) is 0 Å². The molecule has 4 rings (SSSR count). The Labute approximate surface area is 181 Å². The summed E-state index contributed by atoms with van der Waals surface area (Å²) in [5.41, 5.74) is 8.51. The van der Waals surface area contributed by atoms with Crippen molar-refractivity contribution in [1.82, 2.24) is 14.7 Å². The highest BCUT2D eigenvalue weighted by Crippen LogP contribution is 2.28. The third-order valence-corrected chi connectivity index (χ3v) is 5.63. The standard InChI is InChI=1S/C24H26N4O3/c1-31-20-11-5-9-18(13-20)22-21(16-28(26-22)14-17-7-3-2-4-8-17)24(30)27-12-6-10-19(15-27)23(25)29/h2-5,7-9,11,13,16,19H,6,10,12,14-15H2,1H3,(H2,25,29). The van der Waals surface area contributed by atoms with E-state index in [1.165, 1.54) is 0 Å². The van der Waals surface area contributed by atoms with Gasteiger partial charge in [0.15, 0.2) is 0 Å². The van der Waals surface area contributed by atoms with Crippen molar-refractivity contribution in [2.24, 2.45) is 11.7 Å². The maximum atomic E-state index is 13.5. The largest absolute Gasteiger partial charge is 0.497 e. The molecular formula is C24H26N4O3.